The lowest BCUT2D eigenvalue weighted by molar-refractivity contribution is -0.141. The lowest BCUT2D eigenvalue weighted by Crippen LogP contribution is -2.26. The molecule has 9 heteroatoms. The fourth-order valence-corrected chi connectivity index (χ4v) is 3.04. The highest BCUT2D eigenvalue weighted by Gasteiger charge is 2.34. The normalized spacial score (nSPS) is 14.6. The highest BCUT2D eigenvalue weighted by atomic mass is 35.5. The topological polar surface area (TPSA) is 46.9 Å². The molecule has 0 radical (unpaired) electrons. The minimum Gasteiger partial charge on any atom is -0.379 e. The summed E-state index contributed by atoms with van der Waals surface area (Å²) in [5, 5.41) is 3.04. The Balaban J connectivity index is 2.10. The van der Waals surface area contributed by atoms with E-state index in [1.807, 2.05) is 0 Å². The van der Waals surface area contributed by atoms with Gasteiger partial charge in [0.1, 0.15) is 11.3 Å². The first-order chi connectivity index (χ1) is 12.8. The van der Waals surface area contributed by atoms with Crippen molar-refractivity contribution in [2.75, 3.05) is 5.32 Å². The summed E-state index contributed by atoms with van der Waals surface area (Å²) < 4.78 is 55.1. The second kappa shape index (κ2) is 6.23. The molecule has 4 nitrogen and oxygen atoms in total. The van der Waals surface area contributed by atoms with Crippen molar-refractivity contribution in [2.45, 2.75) is 25.1 Å². The molecule has 0 bridgehead atoms. The van der Waals surface area contributed by atoms with Gasteiger partial charge in [-0.25, -0.2) is 4.98 Å². The third-order valence-electron chi connectivity index (χ3n) is 4.28. The number of rotatable bonds is 3. The zero-order valence-electron chi connectivity index (χ0n) is 13.6. The molecule has 1 aliphatic carbocycles. The van der Waals surface area contributed by atoms with E-state index in [1.165, 1.54) is 12.1 Å². The molecule has 1 aliphatic rings. The highest BCUT2D eigenvalue weighted by molar-refractivity contribution is 6.32. The van der Waals surface area contributed by atoms with Crippen molar-refractivity contribution >= 4 is 28.3 Å². The molecule has 140 valence electrons. The Morgan fingerprint density at radius 3 is 2.48 bits per heavy atom. The Labute approximate surface area is 155 Å². The van der Waals surface area contributed by atoms with Gasteiger partial charge < -0.3 is 5.32 Å². The van der Waals surface area contributed by atoms with Gasteiger partial charge in [-0.05, 0) is 37.1 Å². The van der Waals surface area contributed by atoms with Gasteiger partial charge in [0.2, 0.25) is 5.82 Å². The lowest BCUT2D eigenvalue weighted by atomic mass is 10.2. The maximum atomic E-state index is 14.8. The number of nitrogens with one attached hydrogen (secondary N) is 1. The molecule has 0 amide bonds. The van der Waals surface area contributed by atoms with E-state index in [2.05, 4.69) is 10.3 Å². The van der Waals surface area contributed by atoms with Gasteiger partial charge in [-0.1, -0.05) is 23.7 Å². The number of halogens is 5. The minimum absolute atomic E-state index is 0.0134. The fourth-order valence-electron chi connectivity index (χ4n) is 2.82. The number of pyridine rings is 2. The number of alkyl halides is 3. The average molecular weight is 398 g/mol. The zero-order valence-corrected chi connectivity index (χ0v) is 14.4. The molecule has 0 atom stereocenters. The molecule has 2 aromatic heterocycles. The van der Waals surface area contributed by atoms with Gasteiger partial charge in [0.15, 0.2) is 0 Å². The van der Waals surface area contributed by atoms with Crippen molar-refractivity contribution in [3.8, 4) is 5.69 Å². The number of fused-ring (bicyclic) bond motifs is 1. The quantitative estimate of drug-likeness (QED) is 0.647. The van der Waals surface area contributed by atoms with E-state index in [1.54, 1.807) is 12.1 Å². The van der Waals surface area contributed by atoms with Crippen LogP contribution in [0.15, 0.2) is 41.2 Å². The predicted octanol–water partition coefficient (Wildman–Crippen LogP) is 4.77. The van der Waals surface area contributed by atoms with Crippen LogP contribution in [0.25, 0.3) is 16.7 Å². The van der Waals surface area contributed by atoms with Crippen LogP contribution in [0.1, 0.15) is 18.5 Å². The number of benzene rings is 1. The van der Waals surface area contributed by atoms with Gasteiger partial charge in [-0.2, -0.15) is 17.6 Å². The van der Waals surface area contributed by atoms with Crippen molar-refractivity contribution in [1.29, 1.82) is 0 Å². The molecule has 3 aromatic rings. The van der Waals surface area contributed by atoms with Crippen molar-refractivity contribution in [1.82, 2.24) is 9.55 Å². The summed E-state index contributed by atoms with van der Waals surface area (Å²) in [6.45, 7) is 0. The van der Waals surface area contributed by atoms with Crippen LogP contribution in [-0.2, 0) is 6.18 Å². The van der Waals surface area contributed by atoms with Gasteiger partial charge in [-0.3, -0.25) is 9.36 Å². The molecule has 4 rings (SSSR count). The molecule has 2 heterocycles. The van der Waals surface area contributed by atoms with Crippen LogP contribution in [0.2, 0.25) is 5.02 Å². The summed E-state index contributed by atoms with van der Waals surface area (Å²) in [5.74, 6) is -1.09. The van der Waals surface area contributed by atoms with Gasteiger partial charge in [-0.15, -0.1) is 0 Å². The van der Waals surface area contributed by atoms with Gasteiger partial charge in [0.05, 0.1) is 16.4 Å². The van der Waals surface area contributed by atoms with Crippen molar-refractivity contribution in [3.63, 3.8) is 0 Å². The largest absolute Gasteiger partial charge is 0.433 e. The van der Waals surface area contributed by atoms with Gasteiger partial charge in [0.25, 0.3) is 5.56 Å². The van der Waals surface area contributed by atoms with Crippen molar-refractivity contribution < 1.29 is 17.6 Å². The Morgan fingerprint density at radius 1 is 1.15 bits per heavy atom. The Bertz CT molecular complexity index is 1110. The van der Waals surface area contributed by atoms with Crippen molar-refractivity contribution in [2.24, 2.45) is 0 Å². The van der Waals surface area contributed by atoms with Crippen molar-refractivity contribution in [3.05, 3.63) is 63.3 Å². The first-order valence-electron chi connectivity index (χ1n) is 8.11. The van der Waals surface area contributed by atoms with Gasteiger partial charge in [0, 0.05) is 11.4 Å². The zero-order chi connectivity index (χ0) is 19.3. The van der Waals surface area contributed by atoms with Crippen LogP contribution in [0.5, 0.6) is 0 Å². The van der Waals surface area contributed by atoms with E-state index in [4.69, 9.17) is 11.6 Å². The maximum Gasteiger partial charge on any atom is 0.433 e. The monoisotopic (exact) mass is 397 g/mol. The van der Waals surface area contributed by atoms with E-state index < -0.39 is 23.2 Å². The summed E-state index contributed by atoms with van der Waals surface area (Å²) >= 11 is 6.10. The first kappa shape index (κ1) is 17.8. The Kier molecular flexibility index (Phi) is 4.10. The van der Waals surface area contributed by atoms with Crippen LogP contribution in [0, 0.1) is 5.82 Å². The van der Waals surface area contributed by atoms with Crippen LogP contribution in [0.4, 0.5) is 23.2 Å². The van der Waals surface area contributed by atoms with Crippen LogP contribution < -0.4 is 10.9 Å². The molecule has 0 spiro atoms. The Hall–Kier alpha value is -2.61. The van der Waals surface area contributed by atoms with Crippen LogP contribution >= 0.6 is 11.6 Å². The first-order valence-corrected chi connectivity index (χ1v) is 8.49. The number of nitrogens with zero attached hydrogens (tertiary/aromatic N) is 2. The maximum absolute atomic E-state index is 14.8. The number of hydrogen-bond donors (Lipinski definition) is 1. The molecule has 0 saturated heterocycles. The standard InChI is InChI=1S/C18H12ClF4N3O/c19-11-3-1-2-4-12(11)26-16-10(7-8-13(25-16)18(21,22)23)15(14(20)17(26)27)24-9-5-6-9/h1-4,7-9,24H,5-6H2. The second-order valence-electron chi connectivity index (χ2n) is 6.26. The molecule has 1 fully saturated rings. The summed E-state index contributed by atoms with van der Waals surface area (Å²) in [6.07, 6.45) is -3.13. The van der Waals surface area contributed by atoms with E-state index in [0.717, 1.165) is 29.5 Å². The summed E-state index contributed by atoms with van der Waals surface area (Å²) in [5.41, 5.74) is -2.70. The molecule has 1 aromatic carbocycles. The third kappa shape index (κ3) is 3.14. The number of hydrogen-bond acceptors (Lipinski definition) is 3. The summed E-state index contributed by atoms with van der Waals surface area (Å²) in [6, 6.07) is 7.87. The molecule has 1 N–H and O–H groups in total. The van der Waals surface area contributed by atoms with E-state index in [9.17, 15) is 22.4 Å². The lowest BCUT2D eigenvalue weighted by Gasteiger charge is -2.17. The van der Waals surface area contributed by atoms with E-state index in [0.29, 0.717) is 0 Å². The number of para-hydroxylation sites is 1. The van der Waals surface area contributed by atoms with Gasteiger partial charge >= 0.3 is 6.18 Å². The Morgan fingerprint density at radius 2 is 1.85 bits per heavy atom. The molecule has 27 heavy (non-hydrogen) atoms. The molecule has 0 aliphatic heterocycles. The van der Waals surface area contributed by atoms with E-state index in [-0.39, 0.29) is 33.5 Å². The smallest absolute Gasteiger partial charge is 0.379 e. The predicted molar refractivity (Wildman–Crippen MR) is 94.0 cm³/mol. The van der Waals surface area contributed by atoms with Crippen LogP contribution in [0.3, 0.4) is 0 Å². The molecule has 0 unspecified atom stereocenters. The third-order valence-corrected chi connectivity index (χ3v) is 4.60. The fraction of sp³-hybridized carbons (Fsp3) is 0.222. The summed E-state index contributed by atoms with van der Waals surface area (Å²) in [7, 11) is 0. The highest BCUT2D eigenvalue weighted by Crippen LogP contribution is 2.34. The summed E-state index contributed by atoms with van der Waals surface area (Å²) in [4.78, 5) is 16.3. The number of aromatic nitrogens is 2. The van der Waals surface area contributed by atoms with E-state index >= 15 is 0 Å². The number of anilines is 1. The average Bonchev–Trinajstić information content (AvgIpc) is 3.43. The molecule has 1 saturated carbocycles. The molecular weight excluding hydrogens is 386 g/mol. The SMILES string of the molecule is O=c1c(F)c(NC2CC2)c2ccc(C(F)(F)F)nc2n1-c1ccccc1Cl. The minimum atomic E-state index is -4.71. The van der Waals surface area contributed by atoms with Crippen LogP contribution in [-0.4, -0.2) is 15.6 Å². The second-order valence-corrected chi connectivity index (χ2v) is 6.67. The molecular formula is C18H12ClF4N3O.